The molecule has 3 N–H and O–H groups in total. The first-order valence-electron chi connectivity index (χ1n) is 4.97. The molecule has 1 aromatic rings. The van der Waals surface area contributed by atoms with Crippen LogP contribution >= 0.6 is 0 Å². The first kappa shape index (κ1) is 11.1. The van der Waals surface area contributed by atoms with Gasteiger partial charge in [-0.25, -0.2) is 4.39 Å². The molecule has 0 heterocycles. The zero-order valence-electron chi connectivity index (χ0n) is 8.46. The lowest BCUT2D eigenvalue weighted by atomic mass is 10.1. The molecule has 1 unspecified atom stereocenters. The van der Waals surface area contributed by atoms with Crippen LogP contribution in [0.3, 0.4) is 0 Å². The zero-order chi connectivity index (χ0) is 10.4. The van der Waals surface area contributed by atoms with E-state index < -0.39 is 0 Å². The summed E-state index contributed by atoms with van der Waals surface area (Å²) in [6, 6.07) is 6.68. The Hall–Kier alpha value is -0.930. The third-order valence-electron chi connectivity index (χ3n) is 2.16. The molecular weight excluding hydrogens is 179 g/mol. The Balaban J connectivity index is 2.73. The second kappa shape index (κ2) is 5.73. The number of benzene rings is 1. The lowest BCUT2D eigenvalue weighted by Gasteiger charge is -2.17. The molecule has 78 valence electrons. The van der Waals surface area contributed by atoms with Crippen LogP contribution < -0.4 is 11.1 Å². The molecule has 0 saturated carbocycles. The maximum Gasteiger partial charge on any atom is 0.128 e. The van der Waals surface area contributed by atoms with Crippen molar-refractivity contribution in [3.05, 3.63) is 35.6 Å². The molecule has 0 aliphatic rings. The van der Waals surface area contributed by atoms with Gasteiger partial charge in [0.15, 0.2) is 0 Å². The minimum absolute atomic E-state index is 0.0730. The molecule has 0 aromatic heterocycles. The maximum atomic E-state index is 13.4. The SMILES string of the molecule is CCCNC(CN)c1ccccc1F. The van der Waals surface area contributed by atoms with Gasteiger partial charge in [0.05, 0.1) is 0 Å². The van der Waals surface area contributed by atoms with E-state index in [0.29, 0.717) is 12.1 Å². The Bertz CT molecular complexity index is 276. The highest BCUT2D eigenvalue weighted by Gasteiger charge is 2.11. The van der Waals surface area contributed by atoms with Crippen molar-refractivity contribution < 1.29 is 4.39 Å². The van der Waals surface area contributed by atoms with Crippen LogP contribution in [0.15, 0.2) is 24.3 Å². The number of rotatable bonds is 5. The second-order valence-corrected chi connectivity index (χ2v) is 3.26. The monoisotopic (exact) mass is 196 g/mol. The number of hydrogen-bond donors (Lipinski definition) is 2. The van der Waals surface area contributed by atoms with Gasteiger partial charge < -0.3 is 11.1 Å². The molecule has 0 saturated heterocycles. The topological polar surface area (TPSA) is 38.0 Å². The van der Waals surface area contributed by atoms with Gasteiger partial charge in [-0.3, -0.25) is 0 Å². The largest absolute Gasteiger partial charge is 0.329 e. The molecule has 0 amide bonds. The van der Waals surface area contributed by atoms with Crippen LogP contribution in [0.2, 0.25) is 0 Å². The molecule has 0 aliphatic heterocycles. The van der Waals surface area contributed by atoms with Crippen molar-refractivity contribution >= 4 is 0 Å². The summed E-state index contributed by atoms with van der Waals surface area (Å²) in [4.78, 5) is 0. The van der Waals surface area contributed by atoms with E-state index in [9.17, 15) is 4.39 Å². The molecule has 1 rings (SSSR count). The molecule has 0 bridgehead atoms. The average molecular weight is 196 g/mol. The smallest absolute Gasteiger partial charge is 0.128 e. The second-order valence-electron chi connectivity index (χ2n) is 3.26. The summed E-state index contributed by atoms with van der Waals surface area (Å²) in [6.07, 6.45) is 1.02. The summed E-state index contributed by atoms with van der Waals surface area (Å²) >= 11 is 0. The number of halogens is 1. The quantitative estimate of drug-likeness (QED) is 0.754. The van der Waals surface area contributed by atoms with E-state index in [1.807, 2.05) is 6.07 Å². The third kappa shape index (κ3) is 2.79. The standard InChI is InChI=1S/C11H17FN2/c1-2-7-14-11(8-13)9-5-3-4-6-10(9)12/h3-6,11,14H,2,7-8,13H2,1H3. The summed E-state index contributed by atoms with van der Waals surface area (Å²) in [5, 5.41) is 3.21. The van der Waals surface area contributed by atoms with Crippen molar-refractivity contribution in [3.8, 4) is 0 Å². The van der Waals surface area contributed by atoms with E-state index in [0.717, 1.165) is 13.0 Å². The highest BCUT2D eigenvalue weighted by molar-refractivity contribution is 5.21. The van der Waals surface area contributed by atoms with Crippen molar-refractivity contribution in [2.75, 3.05) is 13.1 Å². The van der Waals surface area contributed by atoms with Crippen LogP contribution in [-0.2, 0) is 0 Å². The van der Waals surface area contributed by atoms with E-state index in [1.165, 1.54) is 6.07 Å². The maximum absolute atomic E-state index is 13.4. The van der Waals surface area contributed by atoms with Gasteiger partial charge in [0, 0.05) is 18.2 Å². The van der Waals surface area contributed by atoms with Gasteiger partial charge in [-0.15, -0.1) is 0 Å². The zero-order valence-corrected chi connectivity index (χ0v) is 8.46. The molecule has 0 fully saturated rings. The predicted octanol–water partition coefficient (Wildman–Crippen LogP) is 1.83. The van der Waals surface area contributed by atoms with Gasteiger partial charge in [0.1, 0.15) is 5.82 Å². The van der Waals surface area contributed by atoms with Gasteiger partial charge in [-0.1, -0.05) is 25.1 Å². The molecule has 0 aliphatic carbocycles. The van der Waals surface area contributed by atoms with Crippen LogP contribution in [0.5, 0.6) is 0 Å². The van der Waals surface area contributed by atoms with Gasteiger partial charge in [0.2, 0.25) is 0 Å². The van der Waals surface area contributed by atoms with Gasteiger partial charge in [-0.2, -0.15) is 0 Å². The molecule has 2 nitrogen and oxygen atoms in total. The Morgan fingerprint density at radius 2 is 2.14 bits per heavy atom. The highest BCUT2D eigenvalue weighted by atomic mass is 19.1. The van der Waals surface area contributed by atoms with E-state index in [2.05, 4.69) is 12.2 Å². The van der Waals surface area contributed by atoms with E-state index in [1.54, 1.807) is 12.1 Å². The Morgan fingerprint density at radius 1 is 1.43 bits per heavy atom. The van der Waals surface area contributed by atoms with Crippen LogP contribution in [0.25, 0.3) is 0 Å². The number of nitrogens with one attached hydrogen (secondary N) is 1. The summed E-state index contributed by atoms with van der Waals surface area (Å²) in [5.74, 6) is -0.188. The van der Waals surface area contributed by atoms with Crippen molar-refractivity contribution in [2.24, 2.45) is 5.73 Å². The van der Waals surface area contributed by atoms with Crippen LogP contribution in [0.4, 0.5) is 4.39 Å². The summed E-state index contributed by atoms with van der Waals surface area (Å²) in [5.41, 5.74) is 6.24. The molecule has 3 heteroatoms. The van der Waals surface area contributed by atoms with Crippen LogP contribution in [0.1, 0.15) is 24.9 Å². The highest BCUT2D eigenvalue weighted by Crippen LogP contribution is 2.15. The predicted molar refractivity (Wildman–Crippen MR) is 56.5 cm³/mol. The first-order chi connectivity index (χ1) is 6.79. The minimum atomic E-state index is -0.188. The fourth-order valence-corrected chi connectivity index (χ4v) is 1.40. The fraction of sp³-hybridized carbons (Fsp3) is 0.455. The van der Waals surface area contributed by atoms with Gasteiger partial charge in [-0.05, 0) is 19.0 Å². The molecule has 1 aromatic carbocycles. The molecule has 0 radical (unpaired) electrons. The lowest BCUT2D eigenvalue weighted by molar-refractivity contribution is 0.506. The van der Waals surface area contributed by atoms with Gasteiger partial charge in [0.25, 0.3) is 0 Å². The number of nitrogens with two attached hydrogens (primary N) is 1. The van der Waals surface area contributed by atoms with Crippen molar-refractivity contribution in [1.82, 2.24) is 5.32 Å². The van der Waals surface area contributed by atoms with E-state index in [-0.39, 0.29) is 11.9 Å². The normalized spacial score (nSPS) is 12.8. The molecule has 1 atom stereocenters. The van der Waals surface area contributed by atoms with Crippen molar-refractivity contribution in [2.45, 2.75) is 19.4 Å². The Morgan fingerprint density at radius 3 is 2.71 bits per heavy atom. The van der Waals surface area contributed by atoms with E-state index >= 15 is 0 Å². The number of hydrogen-bond acceptors (Lipinski definition) is 2. The van der Waals surface area contributed by atoms with E-state index in [4.69, 9.17) is 5.73 Å². The minimum Gasteiger partial charge on any atom is -0.329 e. The van der Waals surface area contributed by atoms with Crippen LogP contribution in [0, 0.1) is 5.82 Å². The summed E-state index contributed by atoms with van der Waals surface area (Å²) in [6.45, 7) is 3.35. The summed E-state index contributed by atoms with van der Waals surface area (Å²) < 4.78 is 13.4. The lowest BCUT2D eigenvalue weighted by Crippen LogP contribution is -2.29. The van der Waals surface area contributed by atoms with Crippen molar-refractivity contribution in [1.29, 1.82) is 0 Å². The summed E-state index contributed by atoms with van der Waals surface area (Å²) in [7, 11) is 0. The average Bonchev–Trinajstić information content (AvgIpc) is 2.21. The first-order valence-corrected chi connectivity index (χ1v) is 4.97. The van der Waals surface area contributed by atoms with Gasteiger partial charge >= 0.3 is 0 Å². The molecule has 14 heavy (non-hydrogen) atoms. The molecular formula is C11H17FN2. The third-order valence-corrected chi connectivity index (χ3v) is 2.16. The fourth-order valence-electron chi connectivity index (χ4n) is 1.40. The molecule has 0 spiro atoms. The van der Waals surface area contributed by atoms with Crippen LogP contribution in [-0.4, -0.2) is 13.1 Å². The Labute approximate surface area is 84.3 Å². The Kier molecular flexibility index (Phi) is 4.56. The van der Waals surface area contributed by atoms with Crippen molar-refractivity contribution in [3.63, 3.8) is 0 Å².